The van der Waals surface area contributed by atoms with Gasteiger partial charge in [-0.2, -0.15) is 0 Å². The molecule has 3 aliphatic carbocycles. The fraction of sp³-hybridized carbons (Fsp3) is 0.846. The summed E-state index contributed by atoms with van der Waals surface area (Å²) in [4.78, 5) is 2.36. The van der Waals surface area contributed by atoms with Crippen molar-refractivity contribution in [3.63, 3.8) is 0 Å². The van der Waals surface area contributed by atoms with E-state index in [1.165, 1.54) is 31.3 Å². The van der Waals surface area contributed by atoms with Gasteiger partial charge in [0.1, 0.15) is 6.61 Å². The molecule has 0 aromatic rings. The summed E-state index contributed by atoms with van der Waals surface area (Å²) >= 11 is 0. The maximum Gasteiger partial charge on any atom is 0.261 e. The summed E-state index contributed by atoms with van der Waals surface area (Å²) in [5, 5.41) is 19.9. The molecule has 0 aromatic heterocycles. The smallest absolute Gasteiger partial charge is 0.261 e. The molecule has 4 fully saturated rings. The van der Waals surface area contributed by atoms with Gasteiger partial charge in [0.2, 0.25) is 0 Å². The van der Waals surface area contributed by atoms with Crippen LogP contribution in [0.15, 0.2) is 23.3 Å². The van der Waals surface area contributed by atoms with Crippen molar-refractivity contribution in [2.75, 3.05) is 26.2 Å². The minimum absolute atomic E-state index is 0.0304. The first-order valence-electron chi connectivity index (χ1n) is 12.6. The number of ether oxygens (including phenoxy) is 1. The van der Waals surface area contributed by atoms with E-state index in [2.05, 4.69) is 30.9 Å². The number of aliphatic hydroxyl groups excluding tert-OH is 2. The van der Waals surface area contributed by atoms with E-state index in [0.29, 0.717) is 42.4 Å². The molecule has 3 saturated carbocycles. The van der Waals surface area contributed by atoms with E-state index in [9.17, 15) is 19.0 Å². The van der Waals surface area contributed by atoms with Crippen LogP contribution >= 0.6 is 0 Å². The fourth-order valence-electron chi connectivity index (χ4n) is 7.26. The lowest BCUT2D eigenvalue weighted by molar-refractivity contribution is -0.0942. The van der Waals surface area contributed by atoms with Gasteiger partial charge in [0.05, 0.1) is 18.3 Å². The highest BCUT2D eigenvalue weighted by atomic mass is 19.3. The van der Waals surface area contributed by atoms with Crippen molar-refractivity contribution >= 4 is 0 Å². The van der Waals surface area contributed by atoms with Gasteiger partial charge in [0, 0.05) is 19.6 Å². The number of likely N-dealkylation sites (tertiary alicyclic amines) is 1. The van der Waals surface area contributed by atoms with Crippen LogP contribution in [-0.2, 0) is 4.74 Å². The highest BCUT2D eigenvalue weighted by Gasteiger charge is 2.51. The third-order valence-electron chi connectivity index (χ3n) is 8.73. The fourth-order valence-corrected chi connectivity index (χ4v) is 7.26. The number of rotatable bonds is 7. The number of hydrogen-bond acceptors (Lipinski definition) is 4. The molecule has 6 heteroatoms. The maximum absolute atomic E-state index is 12.3. The Bertz CT molecular complexity index is 693. The second kappa shape index (κ2) is 10.2. The van der Waals surface area contributed by atoms with Crippen LogP contribution in [0.25, 0.3) is 0 Å². The molecule has 4 aliphatic rings. The summed E-state index contributed by atoms with van der Waals surface area (Å²) in [5.74, 6) is 1.89. The molecule has 0 amide bonds. The molecule has 4 rings (SSSR count). The second-order valence-corrected chi connectivity index (χ2v) is 11.2. The van der Waals surface area contributed by atoms with Gasteiger partial charge < -0.3 is 14.9 Å². The third kappa shape index (κ3) is 5.45. The van der Waals surface area contributed by atoms with E-state index in [1.807, 2.05) is 0 Å². The second-order valence-electron chi connectivity index (χ2n) is 11.2. The largest absolute Gasteiger partial charge is 0.393 e. The molecule has 6 atom stereocenters. The number of halogens is 2. The first kappa shape index (κ1) is 24.3. The Morgan fingerprint density at radius 1 is 1.16 bits per heavy atom. The van der Waals surface area contributed by atoms with Gasteiger partial charge in [0.15, 0.2) is 0 Å². The number of alkyl halides is 2. The topological polar surface area (TPSA) is 52.9 Å². The Labute approximate surface area is 191 Å². The minimum Gasteiger partial charge on any atom is -0.393 e. The van der Waals surface area contributed by atoms with Crippen LogP contribution in [0.2, 0.25) is 0 Å². The van der Waals surface area contributed by atoms with Crippen LogP contribution in [0.4, 0.5) is 8.78 Å². The Kier molecular flexibility index (Phi) is 7.75. The van der Waals surface area contributed by atoms with Crippen molar-refractivity contribution in [3.05, 3.63) is 23.3 Å². The molecule has 32 heavy (non-hydrogen) atoms. The van der Waals surface area contributed by atoms with Crippen molar-refractivity contribution in [1.29, 1.82) is 0 Å². The zero-order chi connectivity index (χ0) is 22.9. The lowest BCUT2D eigenvalue weighted by Crippen LogP contribution is -2.54. The van der Waals surface area contributed by atoms with Crippen molar-refractivity contribution in [2.24, 2.45) is 23.2 Å². The highest BCUT2D eigenvalue weighted by molar-refractivity contribution is 5.26. The summed E-state index contributed by atoms with van der Waals surface area (Å²) in [5.41, 5.74) is 3.05. The van der Waals surface area contributed by atoms with E-state index in [4.69, 9.17) is 4.74 Å². The van der Waals surface area contributed by atoms with E-state index >= 15 is 0 Å². The summed E-state index contributed by atoms with van der Waals surface area (Å²) in [7, 11) is 0. The average Bonchev–Trinajstić information content (AvgIpc) is 3.04. The lowest BCUT2D eigenvalue weighted by Gasteiger charge is -2.47. The summed E-state index contributed by atoms with van der Waals surface area (Å²) in [6.07, 6.45) is 9.26. The van der Waals surface area contributed by atoms with Gasteiger partial charge in [-0.3, -0.25) is 4.90 Å². The third-order valence-corrected chi connectivity index (χ3v) is 8.73. The van der Waals surface area contributed by atoms with Crippen molar-refractivity contribution in [3.8, 4) is 0 Å². The monoisotopic (exact) mass is 453 g/mol. The normalized spacial score (nSPS) is 38.7. The molecule has 0 bridgehead atoms. The zero-order valence-corrected chi connectivity index (χ0v) is 19.7. The van der Waals surface area contributed by atoms with E-state index in [1.54, 1.807) is 5.57 Å². The molecule has 0 unspecified atom stereocenters. The van der Waals surface area contributed by atoms with Crippen LogP contribution in [-0.4, -0.2) is 66.1 Å². The quantitative estimate of drug-likeness (QED) is 0.593. The Hall–Kier alpha value is -0.820. The molecular weight excluding hydrogens is 412 g/mol. The molecule has 182 valence electrons. The standard InChI is InChI=1S/C26H41F2NO3/c1-17(13-29-14-22(15-29)32-16-25(27)28)23-7-8-24-19(4-3-9-26(23,24)2)6-5-18-10-20(30)12-21(31)11-18/h5-6,17,20-25,30-31H,3-4,7-16H2,1-2H3/b19-6+/t17-,20-,21-,23-,24+,26-/m1/s1. The van der Waals surface area contributed by atoms with Gasteiger partial charge >= 0.3 is 0 Å². The first-order valence-corrected chi connectivity index (χ1v) is 12.6. The van der Waals surface area contributed by atoms with Gasteiger partial charge in [-0.15, -0.1) is 0 Å². The molecule has 0 spiro atoms. The minimum atomic E-state index is -2.38. The Morgan fingerprint density at radius 3 is 2.56 bits per heavy atom. The number of aliphatic hydroxyl groups is 2. The average molecular weight is 454 g/mol. The molecular formula is C26H41F2NO3. The summed E-state index contributed by atoms with van der Waals surface area (Å²) < 4.78 is 29.9. The van der Waals surface area contributed by atoms with Crippen LogP contribution < -0.4 is 0 Å². The molecule has 1 aliphatic heterocycles. The highest BCUT2D eigenvalue weighted by Crippen LogP contribution is 2.59. The summed E-state index contributed by atoms with van der Waals surface area (Å²) in [6, 6.07) is 0. The van der Waals surface area contributed by atoms with Gasteiger partial charge in [-0.05, 0) is 74.5 Å². The van der Waals surface area contributed by atoms with Crippen LogP contribution in [0.1, 0.15) is 65.2 Å². The first-order chi connectivity index (χ1) is 15.2. The molecule has 1 heterocycles. The van der Waals surface area contributed by atoms with E-state index in [0.717, 1.165) is 26.1 Å². The predicted octanol–water partition coefficient (Wildman–Crippen LogP) is 4.56. The number of fused-ring (bicyclic) bond motifs is 1. The van der Waals surface area contributed by atoms with Crippen LogP contribution in [0.3, 0.4) is 0 Å². The van der Waals surface area contributed by atoms with E-state index < -0.39 is 25.2 Å². The SMILES string of the molecule is C[C@H](CN1CC(OCC(F)F)C1)[C@H]1CC[C@H]2/C(=C/C=C3C[C@@H](O)C[C@H](O)C3)CCC[C@]12C. The van der Waals surface area contributed by atoms with Gasteiger partial charge in [0.25, 0.3) is 6.43 Å². The van der Waals surface area contributed by atoms with Crippen molar-refractivity contribution in [1.82, 2.24) is 4.90 Å². The molecule has 4 nitrogen and oxygen atoms in total. The Balaban J connectivity index is 1.34. The van der Waals surface area contributed by atoms with E-state index in [-0.39, 0.29) is 6.10 Å². The lowest BCUT2D eigenvalue weighted by atomic mass is 9.61. The van der Waals surface area contributed by atoms with Crippen LogP contribution in [0.5, 0.6) is 0 Å². The Morgan fingerprint density at radius 2 is 1.88 bits per heavy atom. The van der Waals surface area contributed by atoms with Gasteiger partial charge in [-0.25, -0.2) is 8.78 Å². The van der Waals surface area contributed by atoms with Crippen molar-refractivity contribution in [2.45, 2.75) is 90.0 Å². The number of hydrogen-bond donors (Lipinski definition) is 2. The summed E-state index contributed by atoms with van der Waals surface area (Å²) in [6.45, 7) is 7.00. The number of allylic oxidation sites excluding steroid dienone is 3. The van der Waals surface area contributed by atoms with Crippen molar-refractivity contribution < 1.29 is 23.7 Å². The molecule has 0 aromatic carbocycles. The maximum atomic E-state index is 12.3. The molecule has 0 radical (unpaired) electrons. The predicted molar refractivity (Wildman–Crippen MR) is 122 cm³/mol. The zero-order valence-electron chi connectivity index (χ0n) is 19.7. The number of nitrogens with zero attached hydrogens (tertiary/aromatic N) is 1. The molecule has 2 N–H and O–H groups in total. The van der Waals surface area contributed by atoms with Crippen LogP contribution in [0, 0.1) is 23.2 Å². The molecule has 1 saturated heterocycles. The van der Waals surface area contributed by atoms with Gasteiger partial charge in [-0.1, -0.05) is 37.1 Å².